The number of nitrogens with zero attached hydrogens (tertiary/aromatic N) is 4. The molecule has 1 saturated heterocycles. The number of nitrogens with one attached hydrogen (secondary N) is 2. The number of anilines is 1. The lowest BCUT2D eigenvalue weighted by atomic mass is 10.0. The topological polar surface area (TPSA) is 75.1 Å². The van der Waals surface area contributed by atoms with E-state index in [4.69, 9.17) is 12.2 Å². The molecule has 1 aliphatic heterocycles. The number of rotatable bonds is 8. The number of pyridine rings is 2. The molecule has 4 aromatic rings. The lowest BCUT2D eigenvalue weighted by molar-refractivity contribution is -0.116. The van der Waals surface area contributed by atoms with Gasteiger partial charge in [-0.1, -0.05) is 24.3 Å². The summed E-state index contributed by atoms with van der Waals surface area (Å²) in [5.74, 6) is -0.0488. The first-order valence-electron chi connectivity index (χ1n) is 12.0. The van der Waals surface area contributed by atoms with E-state index in [0.717, 1.165) is 28.3 Å². The Morgan fingerprint density at radius 3 is 2.61 bits per heavy atom. The number of aromatic nitrogens is 3. The van der Waals surface area contributed by atoms with Gasteiger partial charge in [0.2, 0.25) is 5.91 Å². The van der Waals surface area contributed by atoms with E-state index in [-0.39, 0.29) is 18.0 Å². The van der Waals surface area contributed by atoms with Gasteiger partial charge in [0, 0.05) is 42.9 Å². The fraction of sp³-hybridized carbons (Fsp3) is 0.214. The maximum Gasteiger partial charge on any atom is 0.226 e. The third-order valence-corrected chi connectivity index (χ3v) is 6.66. The Morgan fingerprint density at radius 2 is 1.86 bits per heavy atom. The summed E-state index contributed by atoms with van der Waals surface area (Å²) in [7, 11) is 0. The molecule has 0 aliphatic carbocycles. The molecule has 0 unspecified atom stereocenters. The third kappa shape index (κ3) is 5.28. The molecule has 5 rings (SSSR count). The molecule has 1 amide bonds. The first-order chi connectivity index (χ1) is 17.6. The summed E-state index contributed by atoms with van der Waals surface area (Å²) >= 11 is 5.77. The molecule has 4 heterocycles. The second-order valence-electron chi connectivity index (χ2n) is 8.87. The summed E-state index contributed by atoms with van der Waals surface area (Å²) in [6.45, 7) is 3.13. The van der Waals surface area contributed by atoms with E-state index in [9.17, 15) is 4.79 Å². The van der Waals surface area contributed by atoms with Crippen LogP contribution in [0.1, 0.15) is 41.1 Å². The highest BCUT2D eigenvalue weighted by Crippen LogP contribution is 2.39. The van der Waals surface area contributed by atoms with Gasteiger partial charge < -0.3 is 20.1 Å². The second kappa shape index (κ2) is 10.7. The van der Waals surface area contributed by atoms with E-state index < -0.39 is 0 Å². The Morgan fingerprint density at radius 1 is 1.03 bits per heavy atom. The van der Waals surface area contributed by atoms with Crippen molar-refractivity contribution < 1.29 is 4.79 Å². The van der Waals surface area contributed by atoms with Crippen molar-refractivity contribution in [3.63, 3.8) is 0 Å². The zero-order chi connectivity index (χ0) is 24.9. The Hall–Kier alpha value is -4.04. The summed E-state index contributed by atoms with van der Waals surface area (Å²) in [5, 5.41) is 7.08. The van der Waals surface area contributed by atoms with Crippen LogP contribution in [0.25, 0.3) is 0 Å². The minimum Gasteiger partial charge on any atom is -0.352 e. The van der Waals surface area contributed by atoms with Crippen molar-refractivity contribution >= 4 is 28.9 Å². The molecule has 1 aromatic carbocycles. The third-order valence-electron chi connectivity index (χ3n) is 6.31. The Kier molecular flexibility index (Phi) is 7.04. The number of carbonyl (C=O) groups is 1. The normalized spacial score (nSPS) is 17.1. The van der Waals surface area contributed by atoms with Gasteiger partial charge in [-0.25, -0.2) is 0 Å². The molecular formula is C28H28N6OS. The van der Waals surface area contributed by atoms with Gasteiger partial charge in [-0.05, 0) is 73.2 Å². The number of hydrogen-bond acceptors (Lipinski definition) is 4. The van der Waals surface area contributed by atoms with Gasteiger partial charge in [-0.3, -0.25) is 14.8 Å². The standard InChI is InChI=1S/C28H28N6OS/c1-20-8-6-10-21(18-20)31-25(35)13-17-34-27(26(32-28(34)36)23-11-3-5-15-30-23)24-12-7-16-33(24)19-22-9-2-4-14-29-22/h2-12,14-16,18,26-27H,13,17,19H2,1H3,(H,31,35)(H,32,36)/t26-,27+/m1/s1. The van der Waals surface area contributed by atoms with Gasteiger partial charge >= 0.3 is 0 Å². The van der Waals surface area contributed by atoms with Gasteiger partial charge in [0.05, 0.1) is 30.0 Å². The first-order valence-corrected chi connectivity index (χ1v) is 12.4. The van der Waals surface area contributed by atoms with Gasteiger partial charge in [0.25, 0.3) is 0 Å². The van der Waals surface area contributed by atoms with E-state index in [1.165, 1.54) is 0 Å². The number of carbonyl (C=O) groups excluding carboxylic acids is 1. The maximum absolute atomic E-state index is 12.8. The molecule has 7 nitrogen and oxygen atoms in total. The molecule has 1 fully saturated rings. The van der Waals surface area contributed by atoms with E-state index in [1.54, 1.807) is 12.4 Å². The molecular weight excluding hydrogens is 468 g/mol. The van der Waals surface area contributed by atoms with Crippen LogP contribution in [0.2, 0.25) is 0 Å². The summed E-state index contributed by atoms with van der Waals surface area (Å²) in [5.41, 5.74) is 4.87. The fourth-order valence-corrected chi connectivity index (χ4v) is 4.97. The number of benzene rings is 1. The van der Waals surface area contributed by atoms with Crippen LogP contribution in [0.5, 0.6) is 0 Å². The number of amides is 1. The van der Waals surface area contributed by atoms with Crippen LogP contribution in [0.4, 0.5) is 5.69 Å². The van der Waals surface area contributed by atoms with Crippen LogP contribution in [0.3, 0.4) is 0 Å². The van der Waals surface area contributed by atoms with Crippen LogP contribution >= 0.6 is 12.2 Å². The van der Waals surface area contributed by atoms with Crippen molar-refractivity contribution in [3.8, 4) is 0 Å². The second-order valence-corrected chi connectivity index (χ2v) is 9.26. The van der Waals surface area contributed by atoms with Crippen LogP contribution < -0.4 is 10.6 Å². The smallest absolute Gasteiger partial charge is 0.226 e. The maximum atomic E-state index is 12.8. The minimum atomic E-state index is -0.143. The summed E-state index contributed by atoms with van der Waals surface area (Å²) < 4.78 is 2.19. The van der Waals surface area contributed by atoms with Crippen LogP contribution in [0.15, 0.2) is 91.4 Å². The Labute approximate surface area is 216 Å². The van der Waals surface area contributed by atoms with Crippen molar-refractivity contribution in [1.82, 2.24) is 24.8 Å². The summed E-state index contributed by atoms with van der Waals surface area (Å²) in [4.78, 5) is 24.0. The first kappa shape index (κ1) is 23.7. The molecule has 0 spiro atoms. The highest BCUT2D eigenvalue weighted by Gasteiger charge is 2.41. The predicted molar refractivity (Wildman–Crippen MR) is 144 cm³/mol. The SMILES string of the molecule is Cc1cccc(NC(=O)CCN2C(=S)N[C@H](c3ccccn3)[C@@H]2c2cccn2Cc2ccccn2)c1. The van der Waals surface area contributed by atoms with Crippen LogP contribution in [0, 0.1) is 6.92 Å². The molecule has 1 aliphatic rings. The zero-order valence-electron chi connectivity index (χ0n) is 20.0. The molecule has 36 heavy (non-hydrogen) atoms. The van der Waals surface area contributed by atoms with E-state index in [2.05, 4.69) is 42.3 Å². The van der Waals surface area contributed by atoms with E-state index in [0.29, 0.717) is 24.6 Å². The molecule has 182 valence electrons. The monoisotopic (exact) mass is 496 g/mol. The van der Waals surface area contributed by atoms with E-state index in [1.807, 2.05) is 73.7 Å². The number of aryl methyl sites for hydroxylation is 1. The Bertz CT molecular complexity index is 1340. The van der Waals surface area contributed by atoms with Gasteiger partial charge in [-0.2, -0.15) is 0 Å². The predicted octanol–water partition coefficient (Wildman–Crippen LogP) is 4.64. The molecule has 0 bridgehead atoms. The lowest BCUT2D eigenvalue weighted by Gasteiger charge is -2.28. The van der Waals surface area contributed by atoms with Crippen molar-refractivity contribution in [1.29, 1.82) is 0 Å². The van der Waals surface area contributed by atoms with Gasteiger partial charge in [0.15, 0.2) is 5.11 Å². The largest absolute Gasteiger partial charge is 0.352 e. The van der Waals surface area contributed by atoms with Crippen molar-refractivity contribution in [2.75, 3.05) is 11.9 Å². The fourth-order valence-electron chi connectivity index (χ4n) is 4.64. The minimum absolute atomic E-state index is 0.0488. The molecule has 2 N–H and O–H groups in total. The van der Waals surface area contributed by atoms with Crippen molar-refractivity contribution in [3.05, 3.63) is 114 Å². The highest BCUT2D eigenvalue weighted by molar-refractivity contribution is 7.80. The van der Waals surface area contributed by atoms with Crippen molar-refractivity contribution in [2.45, 2.75) is 32.0 Å². The molecule has 2 atom stereocenters. The van der Waals surface area contributed by atoms with Gasteiger partial charge in [0.1, 0.15) is 0 Å². The lowest BCUT2D eigenvalue weighted by Crippen LogP contribution is -2.33. The summed E-state index contributed by atoms with van der Waals surface area (Å²) in [6, 6.07) is 23.5. The number of hydrogen-bond donors (Lipinski definition) is 2. The van der Waals surface area contributed by atoms with E-state index >= 15 is 0 Å². The van der Waals surface area contributed by atoms with Crippen molar-refractivity contribution in [2.24, 2.45) is 0 Å². The average molecular weight is 497 g/mol. The molecule has 0 radical (unpaired) electrons. The molecule has 0 saturated carbocycles. The molecule has 3 aromatic heterocycles. The number of thiocarbonyl (C=S) groups is 1. The summed E-state index contributed by atoms with van der Waals surface area (Å²) in [6.07, 6.45) is 5.97. The van der Waals surface area contributed by atoms with Crippen LogP contribution in [-0.2, 0) is 11.3 Å². The quantitative estimate of drug-likeness (QED) is 0.346. The highest BCUT2D eigenvalue weighted by atomic mass is 32.1. The average Bonchev–Trinajstić information content (AvgIpc) is 3.47. The Balaban J connectivity index is 1.40. The van der Waals surface area contributed by atoms with Gasteiger partial charge in [-0.15, -0.1) is 0 Å². The van der Waals surface area contributed by atoms with Crippen LogP contribution in [-0.4, -0.2) is 37.0 Å². The molecule has 8 heteroatoms. The zero-order valence-corrected chi connectivity index (χ0v) is 20.9.